The van der Waals surface area contributed by atoms with Gasteiger partial charge < -0.3 is 0 Å². The number of hydrogen-bond donors (Lipinski definition) is 0. The molecule has 0 N–H and O–H groups in total. The molecule has 0 aromatic heterocycles. The van der Waals surface area contributed by atoms with Gasteiger partial charge in [0.25, 0.3) is 5.17 Å². The molecule has 0 bridgehead atoms. The van der Waals surface area contributed by atoms with Crippen LogP contribution >= 0.6 is 58.3 Å². The van der Waals surface area contributed by atoms with Gasteiger partial charge in [-0.2, -0.15) is 0 Å². The molecule has 0 amide bonds. The van der Waals surface area contributed by atoms with Crippen molar-refractivity contribution in [3.63, 3.8) is 0 Å². The summed E-state index contributed by atoms with van der Waals surface area (Å²) in [6.07, 6.45) is 0. The van der Waals surface area contributed by atoms with Crippen molar-refractivity contribution < 1.29 is 4.48 Å². The van der Waals surface area contributed by atoms with Crippen molar-refractivity contribution in [1.29, 1.82) is 0 Å². The number of hydrogen-bond acceptors (Lipinski definition) is 4. The molecule has 3 nitrogen and oxygen atoms in total. The summed E-state index contributed by atoms with van der Waals surface area (Å²) in [5.41, 5.74) is 2.20. The lowest BCUT2D eigenvalue weighted by Gasteiger charge is -2.32. The molecule has 0 fully saturated rings. The maximum atomic E-state index is 6.34. The monoisotopic (exact) mass is 486 g/mol. The Morgan fingerprint density at radius 2 is 1.48 bits per heavy atom. The third-order valence-electron chi connectivity index (χ3n) is 5.01. The molecule has 0 atom stereocenters. The molecule has 1 aliphatic rings. The van der Waals surface area contributed by atoms with Gasteiger partial charge in [-0.1, -0.05) is 63.2 Å². The van der Waals surface area contributed by atoms with E-state index < -0.39 is 0 Å². The van der Waals surface area contributed by atoms with E-state index in [1.807, 2.05) is 42.1 Å². The number of nitrogens with zero attached hydrogens (tertiary/aromatic N) is 3. The van der Waals surface area contributed by atoms with Crippen LogP contribution in [0.1, 0.15) is 25.0 Å². The van der Waals surface area contributed by atoms with Crippen LogP contribution in [0.4, 0.5) is 0 Å². The lowest BCUT2D eigenvalue weighted by Crippen LogP contribution is -2.54. The van der Waals surface area contributed by atoms with Crippen molar-refractivity contribution in [2.24, 2.45) is 10.2 Å². The smallest absolute Gasteiger partial charge is 0.221 e. The topological polar surface area (TPSA) is 24.7 Å². The van der Waals surface area contributed by atoms with Crippen molar-refractivity contribution in [2.45, 2.75) is 25.4 Å². The first kappa shape index (κ1) is 23.0. The standard InChI is InChI=1S/C21H23Cl3N3S2/c1-3-27(4-2)20(14-28-12-15-8-10-16(22)11-9-15)25-26-21(27)29-13-17-18(23)6-5-7-19(17)24/h5-11H,3-4,12-14H2,1-2H3/q+1. The Hall–Kier alpha value is -0.690. The molecule has 1 aliphatic heterocycles. The number of rotatable bonds is 8. The average molecular weight is 488 g/mol. The number of benzene rings is 2. The minimum Gasteiger partial charge on any atom is -0.221 e. The minimum absolute atomic E-state index is 0.679. The Kier molecular flexibility index (Phi) is 8.37. The summed E-state index contributed by atoms with van der Waals surface area (Å²) in [5, 5.41) is 12.3. The third kappa shape index (κ3) is 5.33. The fourth-order valence-electron chi connectivity index (χ4n) is 3.19. The Balaban J connectivity index is 1.64. The van der Waals surface area contributed by atoms with Crippen LogP contribution in [0.25, 0.3) is 0 Å². The zero-order valence-electron chi connectivity index (χ0n) is 16.4. The first-order chi connectivity index (χ1) is 14.0. The molecule has 2 aromatic rings. The Bertz CT molecular complexity index is 890. The van der Waals surface area contributed by atoms with E-state index in [0.29, 0.717) is 20.3 Å². The molecule has 154 valence electrons. The number of thioether (sulfide) groups is 2. The van der Waals surface area contributed by atoms with Crippen molar-refractivity contribution >= 4 is 69.3 Å². The first-order valence-electron chi connectivity index (χ1n) is 9.40. The SMILES string of the molecule is CC[N+]1(CC)C(CSCc2ccc(Cl)cc2)=NN=C1SCc1c(Cl)cccc1Cl. The summed E-state index contributed by atoms with van der Waals surface area (Å²) in [4.78, 5) is 0. The fourth-order valence-corrected chi connectivity index (χ4v) is 6.32. The molecule has 29 heavy (non-hydrogen) atoms. The molecule has 3 rings (SSSR count). The molecule has 0 saturated carbocycles. The largest absolute Gasteiger partial charge is 0.289 e. The van der Waals surface area contributed by atoms with Crippen LogP contribution in [-0.4, -0.2) is 34.3 Å². The molecule has 0 radical (unpaired) electrons. The van der Waals surface area contributed by atoms with Crippen molar-refractivity contribution in [1.82, 2.24) is 0 Å². The summed E-state index contributed by atoms with van der Waals surface area (Å²) < 4.78 is 0.695. The van der Waals surface area contributed by atoms with E-state index in [2.05, 4.69) is 36.2 Å². The van der Waals surface area contributed by atoms with Gasteiger partial charge >= 0.3 is 0 Å². The predicted octanol–water partition coefficient (Wildman–Crippen LogP) is 7.35. The Morgan fingerprint density at radius 3 is 2.10 bits per heavy atom. The third-order valence-corrected chi connectivity index (χ3v) is 8.09. The number of amidine groups is 2. The highest BCUT2D eigenvalue weighted by Crippen LogP contribution is 2.33. The van der Waals surface area contributed by atoms with Crippen LogP contribution in [-0.2, 0) is 11.5 Å². The van der Waals surface area contributed by atoms with Gasteiger partial charge in [-0.3, -0.25) is 0 Å². The van der Waals surface area contributed by atoms with Gasteiger partial charge in [0.15, 0.2) is 0 Å². The second-order valence-corrected chi connectivity index (χ2v) is 9.79. The lowest BCUT2D eigenvalue weighted by atomic mass is 10.2. The van der Waals surface area contributed by atoms with Gasteiger partial charge in [-0.05, 0) is 61.0 Å². The molecule has 8 heteroatoms. The predicted molar refractivity (Wildman–Crippen MR) is 132 cm³/mol. The number of quaternary nitrogens is 1. The quantitative estimate of drug-likeness (QED) is 0.363. The molecule has 1 heterocycles. The highest BCUT2D eigenvalue weighted by molar-refractivity contribution is 8.12. The molecule has 0 unspecified atom stereocenters. The van der Waals surface area contributed by atoms with Crippen LogP contribution in [0.3, 0.4) is 0 Å². The van der Waals surface area contributed by atoms with E-state index in [1.165, 1.54) is 5.56 Å². The van der Waals surface area contributed by atoms with Crippen LogP contribution < -0.4 is 0 Å². The number of halogens is 3. The second kappa shape index (κ2) is 10.6. The van der Waals surface area contributed by atoms with Gasteiger partial charge in [0.1, 0.15) is 0 Å². The molecule has 0 spiro atoms. The van der Waals surface area contributed by atoms with E-state index in [-0.39, 0.29) is 0 Å². The maximum absolute atomic E-state index is 6.34. The molecule has 0 aliphatic carbocycles. The zero-order chi connectivity index (χ0) is 20.9. The summed E-state index contributed by atoms with van der Waals surface area (Å²) >= 11 is 22.2. The summed E-state index contributed by atoms with van der Waals surface area (Å²) in [5.74, 6) is 3.53. The maximum Gasteiger partial charge on any atom is 0.289 e. The van der Waals surface area contributed by atoms with Crippen molar-refractivity contribution in [2.75, 3.05) is 18.8 Å². The first-order valence-corrected chi connectivity index (χ1v) is 12.7. The van der Waals surface area contributed by atoms with Gasteiger partial charge in [-0.25, -0.2) is 4.48 Å². The second-order valence-electron chi connectivity index (χ2n) is 6.61. The summed E-state index contributed by atoms with van der Waals surface area (Å²) in [6.45, 7) is 6.21. The Labute approximate surface area is 196 Å². The minimum atomic E-state index is 0.679. The van der Waals surface area contributed by atoms with Crippen LogP contribution in [0.5, 0.6) is 0 Å². The van der Waals surface area contributed by atoms with Crippen molar-refractivity contribution in [3.05, 3.63) is 68.7 Å². The van der Waals surface area contributed by atoms with E-state index in [9.17, 15) is 0 Å². The van der Waals surface area contributed by atoms with Crippen LogP contribution in [0.15, 0.2) is 52.7 Å². The molecule has 2 aromatic carbocycles. The normalized spacial score (nSPS) is 15.3. The zero-order valence-corrected chi connectivity index (χ0v) is 20.3. The summed E-state index contributed by atoms with van der Waals surface area (Å²) in [7, 11) is 0. The van der Waals surface area contributed by atoms with E-state index in [0.717, 1.165) is 46.2 Å². The van der Waals surface area contributed by atoms with Gasteiger partial charge in [0.05, 0.1) is 18.8 Å². The van der Waals surface area contributed by atoms with Gasteiger partial charge in [-0.15, -0.1) is 11.8 Å². The van der Waals surface area contributed by atoms with Crippen LogP contribution in [0, 0.1) is 0 Å². The highest BCUT2D eigenvalue weighted by Gasteiger charge is 2.42. The van der Waals surface area contributed by atoms with Gasteiger partial charge in [0.2, 0.25) is 5.84 Å². The molecular weight excluding hydrogens is 465 g/mol. The van der Waals surface area contributed by atoms with Crippen molar-refractivity contribution in [3.8, 4) is 0 Å². The van der Waals surface area contributed by atoms with E-state index in [1.54, 1.807) is 11.8 Å². The molecular formula is C21H23Cl3N3S2+. The fraction of sp³-hybridized carbons (Fsp3) is 0.333. The van der Waals surface area contributed by atoms with E-state index >= 15 is 0 Å². The average Bonchev–Trinajstić information content (AvgIpc) is 3.07. The van der Waals surface area contributed by atoms with E-state index in [4.69, 9.17) is 34.8 Å². The molecule has 0 saturated heterocycles. The van der Waals surface area contributed by atoms with Crippen LogP contribution in [0.2, 0.25) is 15.1 Å². The summed E-state index contributed by atoms with van der Waals surface area (Å²) in [6, 6.07) is 13.6. The Morgan fingerprint density at radius 1 is 0.828 bits per heavy atom. The van der Waals surface area contributed by atoms with Gasteiger partial charge in [0, 0.05) is 26.6 Å². The lowest BCUT2D eigenvalue weighted by molar-refractivity contribution is -0.737. The highest BCUT2D eigenvalue weighted by atomic mass is 35.5.